The molecule has 7 heteroatoms. The first-order valence-electron chi connectivity index (χ1n) is 6.60. The fourth-order valence-electron chi connectivity index (χ4n) is 1.94. The highest BCUT2D eigenvalue weighted by atomic mass is 16.5. The van der Waals surface area contributed by atoms with Crippen LogP contribution in [-0.4, -0.2) is 30.1 Å². The van der Waals surface area contributed by atoms with Crippen molar-refractivity contribution in [2.75, 3.05) is 14.2 Å². The summed E-state index contributed by atoms with van der Waals surface area (Å²) < 4.78 is 10.5. The molecule has 0 aliphatic heterocycles. The van der Waals surface area contributed by atoms with Gasteiger partial charge in [-0.1, -0.05) is 0 Å². The van der Waals surface area contributed by atoms with Gasteiger partial charge in [-0.25, -0.2) is 4.98 Å². The Morgan fingerprint density at radius 2 is 2.05 bits per heavy atom. The maximum Gasteiger partial charge on any atom is 0.251 e. The molecule has 0 spiro atoms. The number of benzene rings is 1. The predicted octanol–water partition coefficient (Wildman–Crippen LogP) is 1.09. The molecule has 2 aromatic rings. The van der Waals surface area contributed by atoms with Crippen molar-refractivity contribution < 1.29 is 14.3 Å². The minimum Gasteiger partial charge on any atom is -0.497 e. The van der Waals surface area contributed by atoms with Crippen molar-refractivity contribution in [2.24, 2.45) is 0 Å². The van der Waals surface area contributed by atoms with E-state index in [9.17, 15) is 9.59 Å². The predicted molar refractivity (Wildman–Crippen MR) is 80.9 cm³/mol. The van der Waals surface area contributed by atoms with Crippen LogP contribution in [0.1, 0.15) is 12.6 Å². The Morgan fingerprint density at radius 1 is 1.27 bits per heavy atom. The number of hydrogen-bond donors (Lipinski definition) is 2. The van der Waals surface area contributed by atoms with Gasteiger partial charge in [-0.05, 0) is 18.2 Å². The van der Waals surface area contributed by atoms with Crippen LogP contribution in [0.15, 0.2) is 29.1 Å². The SMILES string of the molecule is COc1ccc(OC)c(-c2nc(CNC(C)=O)cc(=O)[nH]2)c1. The van der Waals surface area contributed by atoms with Crippen LogP contribution in [0, 0.1) is 0 Å². The van der Waals surface area contributed by atoms with Crippen LogP contribution in [0.2, 0.25) is 0 Å². The molecule has 7 nitrogen and oxygen atoms in total. The van der Waals surface area contributed by atoms with Gasteiger partial charge in [0.1, 0.15) is 17.3 Å². The van der Waals surface area contributed by atoms with E-state index in [4.69, 9.17) is 9.47 Å². The summed E-state index contributed by atoms with van der Waals surface area (Å²) >= 11 is 0. The molecule has 0 aliphatic carbocycles. The molecule has 0 saturated heterocycles. The van der Waals surface area contributed by atoms with Gasteiger partial charge in [-0.2, -0.15) is 0 Å². The van der Waals surface area contributed by atoms with Crippen molar-refractivity contribution >= 4 is 5.91 Å². The zero-order valence-electron chi connectivity index (χ0n) is 12.6. The summed E-state index contributed by atoms with van der Waals surface area (Å²) in [5.41, 5.74) is 0.748. The summed E-state index contributed by atoms with van der Waals surface area (Å²) in [4.78, 5) is 29.8. The second-order valence-electron chi connectivity index (χ2n) is 4.56. The molecule has 1 aromatic carbocycles. The van der Waals surface area contributed by atoms with E-state index < -0.39 is 0 Å². The zero-order chi connectivity index (χ0) is 16.1. The van der Waals surface area contributed by atoms with Gasteiger partial charge < -0.3 is 19.8 Å². The number of amides is 1. The Morgan fingerprint density at radius 3 is 2.68 bits per heavy atom. The second kappa shape index (κ2) is 6.75. The summed E-state index contributed by atoms with van der Waals surface area (Å²) in [5, 5.41) is 2.61. The molecule has 2 rings (SSSR count). The Balaban J connectivity index is 2.47. The average Bonchev–Trinajstić information content (AvgIpc) is 2.51. The van der Waals surface area contributed by atoms with Crippen LogP contribution in [0.3, 0.4) is 0 Å². The maximum absolute atomic E-state index is 11.8. The number of rotatable bonds is 5. The van der Waals surface area contributed by atoms with Gasteiger partial charge >= 0.3 is 0 Å². The second-order valence-corrected chi connectivity index (χ2v) is 4.56. The quantitative estimate of drug-likeness (QED) is 0.862. The average molecular weight is 303 g/mol. The lowest BCUT2D eigenvalue weighted by Crippen LogP contribution is -2.21. The normalized spacial score (nSPS) is 10.1. The number of carbonyl (C=O) groups is 1. The molecule has 22 heavy (non-hydrogen) atoms. The molecule has 0 aliphatic rings. The molecule has 0 atom stereocenters. The molecule has 1 amide bonds. The largest absolute Gasteiger partial charge is 0.497 e. The highest BCUT2D eigenvalue weighted by Gasteiger charge is 2.11. The number of aromatic amines is 1. The molecular formula is C15H17N3O4. The Kier molecular flexibility index (Phi) is 4.77. The molecule has 0 saturated carbocycles. The standard InChI is InChI=1S/C15H17N3O4/c1-9(19)16-8-10-6-14(20)18-15(17-10)12-7-11(21-2)4-5-13(12)22-3/h4-7H,8H2,1-3H3,(H,16,19)(H,17,18,20). The molecule has 0 fully saturated rings. The number of nitrogens with one attached hydrogen (secondary N) is 2. The third-order valence-electron chi connectivity index (χ3n) is 2.97. The molecule has 0 radical (unpaired) electrons. The van der Waals surface area contributed by atoms with E-state index in [0.717, 1.165) is 0 Å². The lowest BCUT2D eigenvalue weighted by Gasteiger charge is -2.11. The fraction of sp³-hybridized carbons (Fsp3) is 0.267. The number of nitrogens with zero attached hydrogens (tertiary/aromatic N) is 1. The van der Waals surface area contributed by atoms with Gasteiger partial charge in [0, 0.05) is 13.0 Å². The molecule has 116 valence electrons. The van der Waals surface area contributed by atoms with Gasteiger partial charge in [0.05, 0.1) is 32.0 Å². The first-order chi connectivity index (χ1) is 10.5. The maximum atomic E-state index is 11.8. The Hall–Kier alpha value is -2.83. The van der Waals surface area contributed by atoms with Crippen LogP contribution in [-0.2, 0) is 11.3 Å². The topological polar surface area (TPSA) is 93.3 Å². The number of H-pyrrole nitrogens is 1. The van der Waals surface area contributed by atoms with E-state index in [2.05, 4.69) is 15.3 Å². The fourth-order valence-corrected chi connectivity index (χ4v) is 1.94. The summed E-state index contributed by atoms with van der Waals surface area (Å²) in [6.45, 7) is 1.58. The molecule has 0 unspecified atom stereocenters. The van der Waals surface area contributed by atoms with Crippen molar-refractivity contribution in [3.05, 3.63) is 40.3 Å². The van der Waals surface area contributed by atoms with Gasteiger partial charge in [-0.15, -0.1) is 0 Å². The zero-order valence-corrected chi connectivity index (χ0v) is 12.6. The summed E-state index contributed by atoms with van der Waals surface area (Å²) in [6.07, 6.45) is 0. The van der Waals surface area contributed by atoms with Crippen molar-refractivity contribution in [3.8, 4) is 22.9 Å². The van der Waals surface area contributed by atoms with Crippen LogP contribution in [0.5, 0.6) is 11.5 Å². The molecule has 2 N–H and O–H groups in total. The number of methoxy groups -OCH3 is 2. The summed E-state index contributed by atoms with van der Waals surface area (Å²) in [6, 6.07) is 6.54. The van der Waals surface area contributed by atoms with Crippen LogP contribution < -0.4 is 20.3 Å². The monoisotopic (exact) mass is 303 g/mol. The Labute approximate surface area is 127 Å². The lowest BCUT2D eigenvalue weighted by molar-refractivity contribution is -0.119. The van der Waals surface area contributed by atoms with E-state index in [-0.39, 0.29) is 18.0 Å². The highest BCUT2D eigenvalue weighted by molar-refractivity contribution is 5.72. The molecule has 0 bridgehead atoms. The smallest absolute Gasteiger partial charge is 0.251 e. The van der Waals surface area contributed by atoms with E-state index >= 15 is 0 Å². The minimum atomic E-state index is -0.310. The van der Waals surface area contributed by atoms with Gasteiger partial charge in [-0.3, -0.25) is 9.59 Å². The number of aromatic nitrogens is 2. The number of hydrogen-bond acceptors (Lipinski definition) is 5. The van der Waals surface area contributed by atoms with Gasteiger partial charge in [0.25, 0.3) is 5.56 Å². The van der Waals surface area contributed by atoms with Crippen LogP contribution in [0.4, 0.5) is 0 Å². The van der Waals surface area contributed by atoms with Crippen molar-refractivity contribution in [1.29, 1.82) is 0 Å². The number of carbonyl (C=O) groups excluding carboxylic acids is 1. The van der Waals surface area contributed by atoms with Crippen molar-refractivity contribution in [1.82, 2.24) is 15.3 Å². The van der Waals surface area contributed by atoms with E-state index in [1.165, 1.54) is 20.1 Å². The third-order valence-corrected chi connectivity index (χ3v) is 2.97. The molecule has 1 heterocycles. The summed E-state index contributed by atoms with van der Waals surface area (Å²) in [7, 11) is 3.08. The van der Waals surface area contributed by atoms with E-state index in [1.807, 2.05) is 0 Å². The third kappa shape index (κ3) is 3.63. The van der Waals surface area contributed by atoms with Gasteiger partial charge in [0.15, 0.2) is 0 Å². The number of ether oxygens (including phenoxy) is 2. The summed E-state index contributed by atoms with van der Waals surface area (Å²) in [5.74, 6) is 1.33. The van der Waals surface area contributed by atoms with Crippen molar-refractivity contribution in [3.63, 3.8) is 0 Å². The molecular weight excluding hydrogens is 286 g/mol. The minimum absolute atomic E-state index is 0.179. The van der Waals surface area contributed by atoms with Crippen LogP contribution >= 0.6 is 0 Å². The first kappa shape index (κ1) is 15.6. The lowest BCUT2D eigenvalue weighted by atomic mass is 10.1. The van der Waals surface area contributed by atoms with Crippen LogP contribution in [0.25, 0.3) is 11.4 Å². The van der Waals surface area contributed by atoms with Crippen molar-refractivity contribution in [2.45, 2.75) is 13.5 Å². The first-order valence-corrected chi connectivity index (χ1v) is 6.60. The van der Waals surface area contributed by atoms with E-state index in [1.54, 1.807) is 25.3 Å². The van der Waals surface area contributed by atoms with Gasteiger partial charge in [0.2, 0.25) is 5.91 Å². The Bertz CT molecular complexity index is 740. The van der Waals surface area contributed by atoms with E-state index in [0.29, 0.717) is 28.6 Å². The molecule has 1 aromatic heterocycles. The highest BCUT2D eigenvalue weighted by Crippen LogP contribution is 2.30.